The molecule has 0 bridgehead atoms. The molecule has 0 unspecified atom stereocenters. The molecule has 0 saturated heterocycles. The largest absolute Gasteiger partial charge is 0.508 e. The van der Waals surface area contributed by atoms with Gasteiger partial charge in [-0.25, -0.2) is 0 Å². The van der Waals surface area contributed by atoms with Crippen LogP contribution < -0.4 is 0 Å². The molecule has 1 amide bonds. The molecule has 3 aromatic carbocycles. The number of aliphatic hydroxyl groups excluding tert-OH is 1. The minimum Gasteiger partial charge on any atom is -0.508 e. The Morgan fingerprint density at radius 3 is 2.50 bits per heavy atom. The summed E-state index contributed by atoms with van der Waals surface area (Å²) in [7, 11) is 4.01. The van der Waals surface area contributed by atoms with Gasteiger partial charge in [0.05, 0.1) is 25.4 Å². The van der Waals surface area contributed by atoms with Gasteiger partial charge in [0.2, 0.25) is 0 Å². The number of aromatic nitrogens is 1. The number of fused-ring (bicyclic) bond motifs is 5. The van der Waals surface area contributed by atoms with E-state index in [9.17, 15) is 15.0 Å². The van der Waals surface area contributed by atoms with Gasteiger partial charge in [-0.3, -0.25) is 9.69 Å². The zero-order valence-corrected chi connectivity index (χ0v) is 23.7. The predicted octanol–water partition coefficient (Wildman–Crippen LogP) is 5.04. The Hall–Kier alpha value is -3.65. The van der Waals surface area contributed by atoms with Gasteiger partial charge >= 0.3 is 0 Å². The first-order chi connectivity index (χ1) is 19.3. The highest BCUT2D eigenvalue weighted by molar-refractivity contribution is 6.10. The number of aliphatic hydroxyl groups is 1. The normalized spacial score (nSPS) is 18.9. The van der Waals surface area contributed by atoms with Crippen LogP contribution in [0.25, 0.3) is 22.0 Å². The second-order valence-corrected chi connectivity index (χ2v) is 11.1. The number of aromatic hydroxyl groups is 1. The summed E-state index contributed by atoms with van der Waals surface area (Å²) in [6.45, 7) is 6.13. The highest BCUT2D eigenvalue weighted by Crippen LogP contribution is 2.38. The van der Waals surface area contributed by atoms with Crippen molar-refractivity contribution in [1.82, 2.24) is 14.4 Å². The zero-order valence-electron chi connectivity index (χ0n) is 23.7. The average Bonchev–Trinajstić information content (AvgIpc) is 3.25. The van der Waals surface area contributed by atoms with Gasteiger partial charge in [0.15, 0.2) is 0 Å². The van der Waals surface area contributed by atoms with Crippen LogP contribution in [0.3, 0.4) is 0 Å². The summed E-state index contributed by atoms with van der Waals surface area (Å²) in [4.78, 5) is 18.5. The summed E-state index contributed by atoms with van der Waals surface area (Å²) in [5.74, 6) is 0.167. The van der Waals surface area contributed by atoms with E-state index in [0.717, 1.165) is 33.2 Å². The third-order valence-corrected chi connectivity index (χ3v) is 8.11. The number of likely N-dealkylation sites (N-methyl/N-ethyl adjacent to an activating group) is 1. The molecular formula is C33H39N3O4. The number of amides is 1. The molecule has 7 heteroatoms. The molecule has 40 heavy (non-hydrogen) atoms. The van der Waals surface area contributed by atoms with Gasteiger partial charge in [-0.2, -0.15) is 0 Å². The Morgan fingerprint density at radius 1 is 1.05 bits per heavy atom. The Kier molecular flexibility index (Phi) is 8.26. The number of phenols is 1. The van der Waals surface area contributed by atoms with E-state index in [1.807, 2.05) is 65.9 Å². The highest BCUT2D eigenvalue weighted by Gasteiger charge is 2.33. The fourth-order valence-electron chi connectivity index (χ4n) is 5.81. The molecule has 1 aliphatic heterocycles. The number of ether oxygens (including phenoxy) is 1. The summed E-state index contributed by atoms with van der Waals surface area (Å²) in [6, 6.07) is 23.2. The van der Waals surface area contributed by atoms with Gasteiger partial charge in [-0.1, -0.05) is 61.5 Å². The summed E-state index contributed by atoms with van der Waals surface area (Å²) >= 11 is 0. The van der Waals surface area contributed by atoms with Gasteiger partial charge in [0.1, 0.15) is 11.4 Å². The number of carbonyl (C=O) groups excluding carboxylic acids is 1. The van der Waals surface area contributed by atoms with E-state index >= 15 is 0 Å². The molecule has 7 nitrogen and oxygen atoms in total. The molecule has 1 aromatic heterocycles. The third kappa shape index (κ3) is 5.50. The van der Waals surface area contributed by atoms with Crippen LogP contribution in [0.4, 0.5) is 0 Å². The molecular weight excluding hydrogens is 502 g/mol. The number of benzene rings is 3. The second kappa shape index (κ2) is 11.8. The summed E-state index contributed by atoms with van der Waals surface area (Å²) in [5, 5.41) is 20.9. The van der Waals surface area contributed by atoms with Gasteiger partial charge < -0.3 is 24.4 Å². The maximum Gasteiger partial charge on any atom is 0.271 e. The first-order valence-corrected chi connectivity index (χ1v) is 13.9. The van der Waals surface area contributed by atoms with E-state index in [-0.39, 0.29) is 36.3 Å². The highest BCUT2D eigenvalue weighted by atomic mass is 16.5. The average molecular weight is 542 g/mol. The van der Waals surface area contributed by atoms with E-state index in [2.05, 4.69) is 37.1 Å². The quantitative estimate of drug-likeness (QED) is 0.358. The SMILES string of the molecule is C[C@@H]1CN([C@@H](C)CO)C(=O)c2c(c3ccccc3n2C)-c2ccccc2CO[C@H]1CN(C)Cc1ccc(O)cc1. The third-order valence-electron chi connectivity index (χ3n) is 8.11. The topological polar surface area (TPSA) is 78.2 Å². The minimum atomic E-state index is -0.354. The molecule has 2 heterocycles. The van der Waals surface area contributed by atoms with Crippen molar-refractivity contribution in [3.63, 3.8) is 0 Å². The molecule has 4 aromatic rings. The van der Waals surface area contributed by atoms with Crippen LogP contribution in [0.1, 0.15) is 35.5 Å². The van der Waals surface area contributed by atoms with Crippen LogP contribution in [0, 0.1) is 5.92 Å². The maximum atomic E-state index is 14.4. The van der Waals surface area contributed by atoms with Crippen molar-refractivity contribution in [1.29, 1.82) is 0 Å². The lowest BCUT2D eigenvalue weighted by atomic mass is 9.96. The van der Waals surface area contributed by atoms with Crippen molar-refractivity contribution >= 4 is 16.8 Å². The van der Waals surface area contributed by atoms with Crippen LogP contribution in [-0.2, 0) is 24.9 Å². The second-order valence-electron chi connectivity index (χ2n) is 11.1. The van der Waals surface area contributed by atoms with E-state index in [4.69, 9.17) is 4.74 Å². The maximum absolute atomic E-state index is 14.4. The van der Waals surface area contributed by atoms with Crippen LogP contribution in [0.2, 0.25) is 0 Å². The standard InChI is InChI=1S/C33H39N3O4/c1-22-17-36(23(2)20-37)33(39)32-31(28-11-7-8-12-29(28)35(32)4)27-10-6-5-9-25(27)21-40-30(22)19-34(3)18-24-13-15-26(38)16-14-24/h5-16,22-23,30,37-38H,17-21H2,1-4H3/t22-,23+,30+/m1/s1. The summed E-state index contributed by atoms with van der Waals surface area (Å²) in [5.41, 5.74) is 5.66. The van der Waals surface area contributed by atoms with Crippen LogP contribution in [0.5, 0.6) is 5.75 Å². The lowest BCUT2D eigenvalue weighted by molar-refractivity contribution is -0.0242. The number of carbonyl (C=O) groups is 1. The molecule has 0 fully saturated rings. The van der Waals surface area contributed by atoms with E-state index in [1.165, 1.54) is 0 Å². The molecule has 0 aliphatic carbocycles. The molecule has 1 aliphatic rings. The number of nitrogens with zero attached hydrogens (tertiary/aromatic N) is 3. The Morgan fingerprint density at radius 2 is 1.75 bits per heavy atom. The van der Waals surface area contributed by atoms with Crippen molar-refractivity contribution in [2.45, 2.75) is 39.1 Å². The van der Waals surface area contributed by atoms with Crippen LogP contribution in [0.15, 0.2) is 72.8 Å². The Bertz CT molecular complexity index is 1480. The number of rotatable bonds is 6. The van der Waals surface area contributed by atoms with Crippen molar-refractivity contribution in [3.8, 4) is 16.9 Å². The van der Waals surface area contributed by atoms with Crippen molar-refractivity contribution in [3.05, 3.63) is 89.6 Å². The fraction of sp³-hybridized carbons (Fsp3) is 0.364. The number of hydrogen-bond acceptors (Lipinski definition) is 5. The first kappa shape index (κ1) is 27.9. The minimum absolute atomic E-state index is 0.00335. The first-order valence-electron chi connectivity index (χ1n) is 13.9. The summed E-state index contributed by atoms with van der Waals surface area (Å²) in [6.07, 6.45) is -0.158. The predicted molar refractivity (Wildman–Crippen MR) is 158 cm³/mol. The van der Waals surface area contributed by atoms with Gasteiger partial charge in [0.25, 0.3) is 5.91 Å². The molecule has 210 valence electrons. The number of aryl methyl sites for hydroxylation is 1. The Balaban J connectivity index is 1.56. The van der Waals surface area contributed by atoms with Crippen molar-refractivity contribution in [2.24, 2.45) is 13.0 Å². The molecule has 0 spiro atoms. The molecule has 3 atom stereocenters. The van der Waals surface area contributed by atoms with Gasteiger partial charge in [-0.05, 0) is 48.9 Å². The monoisotopic (exact) mass is 541 g/mol. The molecule has 0 radical (unpaired) electrons. The smallest absolute Gasteiger partial charge is 0.271 e. The number of para-hydroxylation sites is 1. The lowest BCUT2D eigenvalue weighted by Gasteiger charge is -2.35. The van der Waals surface area contributed by atoms with Crippen LogP contribution in [-0.4, -0.2) is 69.4 Å². The van der Waals surface area contributed by atoms with Gasteiger partial charge in [-0.15, -0.1) is 0 Å². The molecule has 0 saturated carbocycles. The Labute approximate surface area is 236 Å². The zero-order chi connectivity index (χ0) is 28.4. The lowest BCUT2D eigenvalue weighted by Crippen LogP contribution is -2.47. The van der Waals surface area contributed by atoms with Gasteiger partial charge in [0, 0.05) is 49.1 Å². The summed E-state index contributed by atoms with van der Waals surface area (Å²) < 4.78 is 8.68. The molecule has 5 rings (SSSR count). The van der Waals surface area contributed by atoms with E-state index in [0.29, 0.717) is 31.9 Å². The van der Waals surface area contributed by atoms with Crippen LogP contribution >= 0.6 is 0 Å². The fourth-order valence-corrected chi connectivity index (χ4v) is 5.81. The van der Waals surface area contributed by atoms with Crippen molar-refractivity contribution < 1.29 is 19.7 Å². The van der Waals surface area contributed by atoms with Crippen molar-refractivity contribution in [2.75, 3.05) is 26.7 Å². The number of phenolic OH excluding ortho intramolecular Hbond substituents is 1. The molecule has 2 N–H and O–H groups in total. The van der Waals surface area contributed by atoms with E-state index in [1.54, 1.807) is 12.1 Å². The number of hydrogen-bond donors (Lipinski definition) is 2. The van der Waals surface area contributed by atoms with E-state index < -0.39 is 0 Å².